The van der Waals surface area contributed by atoms with Crippen LogP contribution in [0.15, 0.2) is 36.5 Å². The van der Waals surface area contributed by atoms with Gasteiger partial charge in [0, 0.05) is 25.9 Å². The zero-order chi connectivity index (χ0) is 18.2. The van der Waals surface area contributed by atoms with Gasteiger partial charge < -0.3 is 19.7 Å². The van der Waals surface area contributed by atoms with Gasteiger partial charge in [0.15, 0.2) is 0 Å². The minimum Gasteiger partial charge on any atom is -0.497 e. The van der Waals surface area contributed by atoms with Crippen molar-refractivity contribution in [2.75, 3.05) is 33.1 Å². The van der Waals surface area contributed by atoms with Crippen LogP contribution in [0.2, 0.25) is 0 Å². The van der Waals surface area contributed by atoms with Crippen molar-refractivity contribution in [2.24, 2.45) is 0 Å². The van der Waals surface area contributed by atoms with Crippen LogP contribution < -0.4 is 14.8 Å². The molecule has 0 bridgehead atoms. The summed E-state index contributed by atoms with van der Waals surface area (Å²) in [7, 11) is 5.03. The Morgan fingerprint density at radius 2 is 2.00 bits per heavy atom. The smallest absolute Gasteiger partial charge is 0.255 e. The maximum Gasteiger partial charge on any atom is 0.255 e. The van der Waals surface area contributed by atoms with E-state index in [9.17, 15) is 4.79 Å². The number of hydrogen-bond donors (Lipinski definition) is 1. The topological polar surface area (TPSA) is 63.7 Å². The number of benzene rings is 1. The van der Waals surface area contributed by atoms with E-state index in [1.807, 2.05) is 25.2 Å². The van der Waals surface area contributed by atoms with Crippen molar-refractivity contribution in [1.82, 2.24) is 9.88 Å². The van der Waals surface area contributed by atoms with Gasteiger partial charge in [0.1, 0.15) is 17.3 Å². The normalized spacial score (nSPS) is 10.2. The second kappa shape index (κ2) is 8.92. The molecule has 2 rings (SSSR count). The Morgan fingerprint density at radius 1 is 1.20 bits per heavy atom. The van der Waals surface area contributed by atoms with E-state index in [2.05, 4.69) is 17.2 Å². The first kappa shape index (κ1) is 18.6. The lowest BCUT2D eigenvalue weighted by molar-refractivity contribution is 0.0793. The molecular formula is C19H25N3O3. The summed E-state index contributed by atoms with van der Waals surface area (Å²) >= 11 is 0. The molecule has 0 unspecified atom stereocenters. The zero-order valence-electron chi connectivity index (χ0n) is 15.2. The fourth-order valence-electron chi connectivity index (χ4n) is 2.36. The molecule has 0 aliphatic rings. The first-order chi connectivity index (χ1) is 12.1. The zero-order valence-corrected chi connectivity index (χ0v) is 15.2. The average Bonchev–Trinajstić information content (AvgIpc) is 2.66. The highest BCUT2D eigenvalue weighted by molar-refractivity contribution is 5.94. The fourth-order valence-corrected chi connectivity index (χ4v) is 2.36. The Kier molecular flexibility index (Phi) is 6.62. The summed E-state index contributed by atoms with van der Waals surface area (Å²) in [4.78, 5) is 18.4. The molecule has 0 radical (unpaired) electrons. The molecule has 0 aliphatic carbocycles. The first-order valence-electron chi connectivity index (χ1n) is 8.29. The number of unbranched alkanes of at least 4 members (excludes halogenated alkanes) is 1. The molecule has 25 heavy (non-hydrogen) atoms. The van der Waals surface area contributed by atoms with Gasteiger partial charge in [-0.2, -0.15) is 0 Å². The number of aromatic nitrogens is 1. The van der Waals surface area contributed by atoms with E-state index in [4.69, 9.17) is 9.47 Å². The van der Waals surface area contributed by atoms with Crippen LogP contribution in [0.4, 0.5) is 11.5 Å². The third-order valence-electron chi connectivity index (χ3n) is 3.87. The molecule has 6 heteroatoms. The van der Waals surface area contributed by atoms with E-state index in [0.29, 0.717) is 22.9 Å². The van der Waals surface area contributed by atoms with E-state index in [0.717, 1.165) is 25.1 Å². The van der Waals surface area contributed by atoms with Crippen LogP contribution in [0.3, 0.4) is 0 Å². The number of hydrogen-bond acceptors (Lipinski definition) is 5. The molecule has 0 atom stereocenters. The van der Waals surface area contributed by atoms with Gasteiger partial charge >= 0.3 is 0 Å². The number of rotatable bonds is 8. The van der Waals surface area contributed by atoms with Crippen molar-refractivity contribution >= 4 is 17.4 Å². The number of nitrogens with zero attached hydrogens (tertiary/aromatic N) is 2. The van der Waals surface area contributed by atoms with Crippen LogP contribution in [0.5, 0.6) is 11.5 Å². The molecular weight excluding hydrogens is 318 g/mol. The fraction of sp³-hybridized carbons (Fsp3) is 0.368. The third kappa shape index (κ3) is 4.86. The third-order valence-corrected chi connectivity index (χ3v) is 3.87. The number of nitrogens with one attached hydrogen (secondary N) is 1. The standard InChI is InChI=1S/C19H25N3O3/c1-5-6-11-22(2)19(23)14-7-10-18(20-13-14)21-16-12-15(24-3)8-9-17(16)25-4/h7-10,12-13H,5-6,11H2,1-4H3,(H,20,21). The SMILES string of the molecule is CCCCN(C)C(=O)c1ccc(Nc2cc(OC)ccc2OC)nc1. The molecule has 134 valence electrons. The number of anilines is 2. The lowest BCUT2D eigenvalue weighted by atomic mass is 10.2. The lowest BCUT2D eigenvalue weighted by Crippen LogP contribution is -2.27. The quantitative estimate of drug-likeness (QED) is 0.791. The lowest BCUT2D eigenvalue weighted by Gasteiger charge is -2.17. The molecule has 0 saturated carbocycles. The van der Waals surface area contributed by atoms with Crippen LogP contribution in [0.25, 0.3) is 0 Å². The van der Waals surface area contributed by atoms with Gasteiger partial charge in [0.05, 0.1) is 25.5 Å². The first-order valence-corrected chi connectivity index (χ1v) is 8.29. The molecule has 2 aromatic rings. The number of methoxy groups -OCH3 is 2. The summed E-state index contributed by atoms with van der Waals surface area (Å²) in [6.07, 6.45) is 3.63. The predicted octanol–water partition coefficient (Wildman–Crippen LogP) is 3.71. The Balaban J connectivity index is 2.11. The highest BCUT2D eigenvalue weighted by Crippen LogP contribution is 2.30. The number of amides is 1. The van der Waals surface area contributed by atoms with Gasteiger partial charge in [-0.3, -0.25) is 4.79 Å². The molecule has 6 nitrogen and oxygen atoms in total. The number of carbonyl (C=O) groups is 1. The second-order valence-electron chi connectivity index (χ2n) is 5.70. The molecule has 1 aromatic heterocycles. The number of pyridine rings is 1. The van der Waals surface area contributed by atoms with Gasteiger partial charge in [0.25, 0.3) is 5.91 Å². The predicted molar refractivity (Wildman–Crippen MR) is 98.9 cm³/mol. The highest BCUT2D eigenvalue weighted by Gasteiger charge is 2.12. The van der Waals surface area contributed by atoms with E-state index in [1.165, 1.54) is 0 Å². The van der Waals surface area contributed by atoms with E-state index < -0.39 is 0 Å². The Hall–Kier alpha value is -2.76. The summed E-state index contributed by atoms with van der Waals surface area (Å²) in [5.74, 6) is 2.00. The average molecular weight is 343 g/mol. The van der Waals surface area contributed by atoms with Crippen molar-refractivity contribution in [2.45, 2.75) is 19.8 Å². The van der Waals surface area contributed by atoms with Crippen molar-refractivity contribution in [3.05, 3.63) is 42.1 Å². The molecule has 0 fully saturated rings. The maximum absolute atomic E-state index is 12.3. The Labute approximate surface area is 148 Å². The summed E-state index contributed by atoms with van der Waals surface area (Å²) in [6.45, 7) is 2.85. The van der Waals surface area contributed by atoms with Gasteiger partial charge in [-0.05, 0) is 30.7 Å². The minimum absolute atomic E-state index is 0.0218. The molecule has 1 amide bonds. The summed E-state index contributed by atoms with van der Waals surface area (Å²) in [5.41, 5.74) is 1.32. The minimum atomic E-state index is -0.0218. The van der Waals surface area contributed by atoms with Gasteiger partial charge in [-0.15, -0.1) is 0 Å². The van der Waals surface area contributed by atoms with Crippen LogP contribution in [0, 0.1) is 0 Å². The second-order valence-corrected chi connectivity index (χ2v) is 5.70. The largest absolute Gasteiger partial charge is 0.497 e. The van der Waals surface area contributed by atoms with Crippen molar-refractivity contribution in [3.8, 4) is 11.5 Å². The van der Waals surface area contributed by atoms with Crippen molar-refractivity contribution < 1.29 is 14.3 Å². The summed E-state index contributed by atoms with van der Waals surface area (Å²) < 4.78 is 10.6. The van der Waals surface area contributed by atoms with Crippen LogP contribution >= 0.6 is 0 Å². The van der Waals surface area contributed by atoms with Crippen LogP contribution in [0.1, 0.15) is 30.1 Å². The Morgan fingerprint density at radius 3 is 2.60 bits per heavy atom. The maximum atomic E-state index is 12.3. The van der Waals surface area contributed by atoms with Crippen LogP contribution in [-0.4, -0.2) is 43.6 Å². The van der Waals surface area contributed by atoms with Gasteiger partial charge in [0.2, 0.25) is 0 Å². The molecule has 1 N–H and O–H groups in total. The van der Waals surface area contributed by atoms with Gasteiger partial charge in [-0.1, -0.05) is 13.3 Å². The molecule has 0 aliphatic heterocycles. The molecule has 0 saturated heterocycles. The summed E-state index contributed by atoms with van der Waals surface area (Å²) in [5, 5.41) is 3.19. The van der Waals surface area contributed by atoms with Crippen molar-refractivity contribution in [3.63, 3.8) is 0 Å². The van der Waals surface area contributed by atoms with Crippen LogP contribution in [-0.2, 0) is 0 Å². The monoisotopic (exact) mass is 343 g/mol. The number of ether oxygens (including phenoxy) is 2. The van der Waals surface area contributed by atoms with E-state index in [1.54, 1.807) is 37.4 Å². The molecule has 1 aromatic carbocycles. The number of carbonyl (C=O) groups excluding carboxylic acids is 1. The van der Waals surface area contributed by atoms with Crippen molar-refractivity contribution in [1.29, 1.82) is 0 Å². The molecule has 0 spiro atoms. The molecule has 1 heterocycles. The Bertz CT molecular complexity index is 702. The van der Waals surface area contributed by atoms with E-state index in [-0.39, 0.29) is 5.91 Å². The summed E-state index contributed by atoms with van der Waals surface area (Å²) in [6, 6.07) is 9.03. The van der Waals surface area contributed by atoms with Gasteiger partial charge in [-0.25, -0.2) is 4.98 Å². The highest BCUT2D eigenvalue weighted by atomic mass is 16.5. The van der Waals surface area contributed by atoms with E-state index >= 15 is 0 Å².